The molecule has 2 saturated heterocycles. The van der Waals surface area contributed by atoms with Crippen molar-refractivity contribution in [1.82, 2.24) is 9.80 Å². The molecule has 1 N–H and O–H groups in total. The second-order valence-corrected chi connectivity index (χ2v) is 8.97. The Hall–Kier alpha value is -2.87. The Morgan fingerprint density at radius 3 is 2.47 bits per heavy atom. The zero-order valence-electron chi connectivity index (χ0n) is 19.4. The quantitative estimate of drug-likeness (QED) is 0.366. The van der Waals surface area contributed by atoms with E-state index in [4.69, 9.17) is 21.1 Å². The molecule has 0 bridgehead atoms. The number of morpholine rings is 1. The van der Waals surface area contributed by atoms with Crippen LogP contribution in [0.1, 0.15) is 29.2 Å². The van der Waals surface area contributed by atoms with E-state index in [2.05, 4.69) is 4.90 Å². The Morgan fingerprint density at radius 2 is 1.82 bits per heavy atom. The van der Waals surface area contributed by atoms with Crippen LogP contribution in [0.25, 0.3) is 5.76 Å². The van der Waals surface area contributed by atoms with Gasteiger partial charge in [0.2, 0.25) is 0 Å². The van der Waals surface area contributed by atoms with Gasteiger partial charge in [-0.1, -0.05) is 23.7 Å². The van der Waals surface area contributed by atoms with Gasteiger partial charge in [-0.25, -0.2) is 0 Å². The van der Waals surface area contributed by atoms with Crippen LogP contribution >= 0.6 is 11.6 Å². The van der Waals surface area contributed by atoms with Crippen LogP contribution in [-0.4, -0.2) is 73.1 Å². The molecule has 0 aromatic heterocycles. The van der Waals surface area contributed by atoms with Gasteiger partial charge in [0.15, 0.2) is 0 Å². The second-order valence-electron chi connectivity index (χ2n) is 8.54. The lowest BCUT2D eigenvalue weighted by atomic mass is 9.94. The molecule has 34 heavy (non-hydrogen) atoms. The molecule has 2 fully saturated rings. The first-order valence-electron chi connectivity index (χ1n) is 11.4. The highest BCUT2D eigenvalue weighted by Gasteiger charge is 2.45. The molecule has 0 saturated carbocycles. The Balaban J connectivity index is 1.68. The number of aliphatic hydroxyl groups excluding tert-OH is 1. The number of hydrogen-bond donors (Lipinski definition) is 1. The minimum Gasteiger partial charge on any atom is -0.507 e. The van der Waals surface area contributed by atoms with E-state index in [9.17, 15) is 14.7 Å². The fourth-order valence-corrected chi connectivity index (χ4v) is 4.70. The van der Waals surface area contributed by atoms with E-state index in [1.165, 1.54) is 0 Å². The van der Waals surface area contributed by atoms with Crippen molar-refractivity contribution in [2.45, 2.75) is 19.4 Å². The topological polar surface area (TPSA) is 79.3 Å². The Bertz CT molecular complexity index is 1090. The van der Waals surface area contributed by atoms with Gasteiger partial charge in [0.05, 0.1) is 31.9 Å². The summed E-state index contributed by atoms with van der Waals surface area (Å²) in [5, 5.41) is 11.8. The lowest BCUT2D eigenvalue weighted by Gasteiger charge is -2.29. The zero-order valence-corrected chi connectivity index (χ0v) is 20.2. The first-order valence-corrected chi connectivity index (χ1v) is 11.8. The van der Waals surface area contributed by atoms with Gasteiger partial charge in [0.1, 0.15) is 11.5 Å². The molecule has 1 amide bonds. The standard InChI is InChI=1S/C26H29ClN2O5/c1-17-16-19(6-9-21(17)33-2)24(30)22-23(18-4-7-20(27)8-5-18)29(26(32)25(22)31)11-3-10-28-12-14-34-15-13-28/h4-9,16,23,30H,3,10-15H2,1-2H3/t23-/m1/s1. The van der Waals surface area contributed by atoms with Crippen LogP contribution < -0.4 is 4.74 Å². The molecule has 2 aromatic carbocycles. The number of nitrogens with zero attached hydrogens (tertiary/aromatic N) is 2. The third-order valence-corrected chi connectivity index (χ3v) is 6.62. The van der Waals surface area contributed by atoms with Gasteiger partial charge in [-0.3, -0.25) is 14.5 Å². The molecule has 2 aromatic rings. The summed E-state index contributed by atoms with van der Waals surface area (Å²) < 4.78 is 10.7. The van der Waals surface area contributed by atoms with Crippen molar-refractivity contribution in [2.24, 2.45) is 0 Å². The molecule has 8 heteroatoms. The van der Waals surface area contributed by atoms with Crippen molar-refractivity contribution in [3.8, 4) is 5.75 Å². The number of halogens is 1. The smallest absolute Gasteiger partial charge is 0.295 e. The molecule has 0 aliphatic carbocycles. The molecule has 0 spiro atoms. The Morgan fingerprint density at radius 1 is 1.12 bits per heavy atom. The number of rotatable bonds is 7. The van der Waals surface area contributed by atoms with Crippen molar-refractivity contribution in [3.63, 3.8) is 0 Å². The number of carbonyl (C=O) groups excluding carboxylic acids is 2. The molecular formula is C26H29ClN2O5. The zero-order chi connectivity index (χ0) is 24.2. The van der Waals surface area contributed by atoms with Crippen molar-refractivity contribution in [1.29, 1.82) is 0 Å². The predicted molar refractivity (Wildman–Crippen MR) is 130 cm³/mol. The summed E-state index contributed by atoms with van der Waals surface area (Å²) in [5.74, 6) is -0.805. The molecule has 2 heterocycles. The first-order chi connectivity index (χ1) is 16.4. The molecule has 1 atom stereocenters. The Labute approximate surface area is 204 Å². The van der Waals surface area contributed by atoms with Crippen LogP contribution in [0.3, 0.4) is 0 Å². The first kappa shape index (κ1) is 24.3. The van der Waals surface area contributed by atoms with Crippen LogP contribution in [0.2, 0.25) is 5.02 Å². The summed E-state index contributed by atoms with van der Waals surface area (Å²) in [6, 6.07) is 11.5. The van der Waals surface area contributed by atoms with E-state index in [1.807, 2.05) is 6.92 Å². The molecule has 0 radical (unpaired) electrons. The van der Waals surface area contributed by atoms with Crippen molar-refractivity contribution in [2.75, 3.05) is 46.5 Å². The summed E-state index contributed by atoms with van der Waals surface area (Å²) in [6.07, 6.45) is 0.707. The molecule has 2 aliphatic heterocycles. The number of aryl methyl sites for hydroxylation is 1. The lowest BCUT2D eigenvalue weighted by Crippen LogP contribution is -2.38. The molecule has 0 unspecified atom stereocenters. The number of Topliss-reactive ketones (excluding diaryl/α,β-unsaturated/α-hetero) is 1. The van der Waals surface area contributed by atoms with E-state index in [-0.39, 0.29) is 11.3 Å². The van der Waals surface area contributed by atoms with E-state index in [0.29, 0.717) is 42.5 Å². The minimum atomic E-state index is -0.690. The van der Waals surface area contributed by atoms with Gasteiger partial charge < -0.3 is 19.5 Å². The monoisotopic (exact) mass is 484 g/mol. The third-order valence-electron chi connectivity index (χ3n) is 6.37. The van der Waals surface area contributed by atoms with Gasteiger partial charge in [-0.2, -0.15) is 0 Å². The number of ether oxygens (including phenoxy) is 2. The van der Waals surface area contributed by atoms with Crippen molar-refractivity contribution >= 4 is 29.1 Å². The molecule has 180 valence electrons. The summed E-state index contributed by atoms with van der Waals surface area (Å²) in [5.41, 5.74) is 2.09. The second kappa shape index (κ2) is 10.6. The average Bonchev–Trinajstić information content (AvgIpc) is 3.09. The van der Waals surface area contributed by atoms with E-state index in [0.717, 1.165) is 30.8 Å². The third kappa shape index (κ3) is 4.97. The summed E-state index contributed by atoms with van der Waals surface area (Å²) in [4.78, 5) is 30.1. The number of amides is 1. The van der Waals surface area contributed by atoms with Gasteiger partial charge >= 0.3 is 0 Å². The number of carbonyl (C=O) groups is 2. The van der Waals surface area contributed by atoms with Gasteiger partial charge in [-0.15, -0.1) is 0 Å². The summed E-state index contributed by atoms with van der Waals surface area (Å²) in [7, 11) is 1.57. The normalized spacial score (nSPS) is 20.7. The number of aliphatic hydroxyl groups is 1. The molecule has 2 aliphatic rings. The maximum absolute atomic E-state index is 13.2. The van der Waals surface area contributed by atoms with Gasteiger partial charge in [-0.05, 0) is 54.8 Å². The van der Waals surface area contributed by atoms with E-state index < -0.39 is 17.7 Å². The van der Waals surface area contributed by atoms with Gasteiger partial charge in [0, 0.05) is 36.8 Å². The SMILES string of the molecule is COc1ccc(C(O)=C2C(=O)C(=O)N(CCCN3CCOCC3)[C@@H]2c2ccc(Cl)cc2)cc1C. The van der Waals surface area contributed by atoms with Gasteiger partial charge in [0.25, 0.3) is 11.7 Å². The van der Waals surface area contributed by atoms with Crippen molar-refractivity contribution in [3.05, 3.63) is 69.8 Å². The summed E-state index contributed by atoms with van der Waals surface area (Å²) in [6.45, 7) is 6.18. The number of methoxy groups -OCH3 is 1. The highest BCUT2D eigenvalue weighted by Crippen LogP contribution is 2.40. The minimum absolute atomic E-state index is 0.0864. The fraction of sp³-hybridized carbons (Fsp3) is 0.385. The number of hydrogen-bond acceptors (Lipinski definition) is 6. The number of ketones is 1. The highest BCUT2D eigenvalue weighted by molar-refractivity contribution is 6.46. The highest BCUT2D eigenvalue weighted by atomic mass is 35.5. The van der Waals surface area contributed by atoms with Crippen LogP contribution in [0, 0.1) is 6.92 Å². The van der Waals surface area contributed by atoms with E-state index in [1.54, 1.807) is 54.5 Å². The molecule has 4 rings (SSSR count). The number of benzene rings is 2. The Kier molecular flexibility index (Phi) is 7.56. The largest absolute Gasteiger partial charge is 0.507 e. The molecule has 7 nitrogen and oxygen atoms in total. The van der Waals surface area contributed by atoms with Crippen LogP contribution in [0.4, 0.5) is 0 Å². The maximum atomic E-state index is 13.2. The molecular weight excluding hydrogens is 456 g/mol. The average molecular weight is 485 g/mol. The fourth-order valence-electron chi connectivity index (χ4n) is 4.57. The predicted octanol–water partition coefficient (Wildman–Crippen LogP) is 3.80. The van der Waals surface area contributed by atoms with Crippen molar-refractivity contribution < 1.29 is 24.2 Å². The van der Waals surface area contributed by atoms with Crippen LogP contribution in [0.15, 0.2) is 48.0 Å². The van der Waals surface area contributed by atoms with E-state index >= 15 is 0 Å². The van der Waals surface area contributed by atoms with Crippen LogP contribution in [0.5, 0.6) is 5.75 Å². The lowest BCUT2D eigenvalue weighted by molar-refractivity contribution is -0.140. The maximum Gasteiger partial charge on any atom is 0.295 e. The van der Waals surface area contributed by atoms with Crippen LogP contribution in [-0.2, 0) is 14.3 Å². The summed E-state index contributed by atoms with van der Waals surface area (Å²) >= 11 is 6.09. The number of likely N-dealkylation sites (tertiary alicyclic amines) is 1.